The first kappa shape index (κ1) is 17.3. The molecule has 1 fully saturated rings. The lowest BCUT2D eigenvalue weighted by Gasteiger charge is -2.18. The molecule has 1 N–H and O–H groups in total. The van der Waals surface area contributed by atoms with Crippen molar-refractivity contribution in [2.75, 3.05) is 18.6 Å². The Morgan fingerprint density at radius 3 is 2.70 bits per heavy atom. The minimum absolute atomic E-state index is 0.0179. The van der Waals surface area contributed by atoms with Crippen LogP contribution in [0.25, 0.3) is 11.1 Å². The fourth-order valence-electron chi connectivity index (χ4n) is 3.79. The summed E-state index contributed by atoms with van der Waals surface area (Å²) in [4.78, 5) is 14.9. The molecular formula is C22H23N3O2. The Bertz CT molecular complexity index is 933. The van der Waals surface area contributed by atoms with Gasteiger partial charge in [0.15, 0.2) is 0 Å². The average Bonchev–Trinajstić information content (AvgIpc) is 3.35. The number of nitrogens with zero attached hydrogens (tertiary/aromatic N) is 2. The number of nitrogens with one attached hydrogen (secondary N) is 1. The number of hydrogen-bond donors (Lipinski definition) is 1. The van der Waals surface area contributed by atoms with Crippen molar-refractivity contribution >= 4 is 11.6 Å². The summed E-state index contributed by atoms with van der Waals surface area (Å²) >= 11 is 0. The molecule has 0 aliphatic carbocycles. The topological polar surface area (TPSA) is 58.2 Å². The van der Waals surface area contributed by atoms with Gasteiger partial charge >= 0.3 is 0 Å². The van der Waals surface area contributed by atoms with Gasteiger partial charge in [-0.2, -0.15) is 5.10 Å². The third kappa shape index (κ3) is 3.33. The lowest BCUT2D eigenvalue weighted by Crippen LogP contribution is -2.27. The summed E-state index contributed by atoms with van der Waals surface area (Å²) in [6.45, 7) is 2.82. The Hall–Kier alpha value is -3.08. The predicted molar refractivity (Wildman–Crippen MR) is 106 cm³/mol. The van der Waals surface area contributed by atoms with Gasteiger partial charge in [0.05, 0.1) is 13.3 Å². The van der Waals surface area contributed by atoms with E-state index < -0.39 is 0 Å². The normalized spacial score (nSPS) is 16.7. The predicted octanol–water partition coefficient (Wildman–Crippen LogP) is 3.99. The Morgan fingerprint density at radius 2 is 2.00 bits per heavy atom. The fraction of sp³-hybridized carbons (Fsp3) is 0.273. The number of aromatic nitrogens is 2. The molecule has 1 aliphatic heterocycles. The molecule has 0 radical (unpaired) electrons. The minimum Gasteiger partial charge on any atom is -0.496 e. The van der Waals surface area contributed by atoms with Crippen LogP contribution in [0, 0.1) is 12.8 Å². The summed E-state index contributed by atoms with van der Waals surface area (Å²) in [6.07, 6.45) is 5.29. The molecule has 1 saturated heterocycles. The molecule has 5 nitrogen and oxygen atoms in total. The van der Waals surface area contributed by atoms with Crippen LogP contribution in [0.1, 0.15) is 17.5 Å². The third-order valence-electron chi connectivity index (χ3n) is 5.41. The van der Waals surface area contributed by atoms with E-state index in [2.05, 4.69) is 23.2 Å². The Balaban J connectivity index is 1.49. The molecule has 5 heteroatoms. The summed E-state index contributed by atoms with van der Waals surface area (Å²) in [5, 5.41) is 6.80. The highest BCUT2D eigenvalue weighted by Crippen LogP contribution is 2.31. The first-order valence-corrected chi connectivity index (χ1v) is 9.20. The van der Waals surface area contributed by atoms with Gasteiger partial charge < -0.3 is 9.64 Å². The number of amides is 1. The smallest absolute Gasteiger partial charge is 0.230 e. The van der Waals surface area contributed by atoms with Crippen LogP contribution in [-0.4, -0.2) is 29.8 Å². The van der Waals surface area contributed by atoms with Crippen LogP contribution < -0.4 is 9.64 Å². The van der Waals surface area contributed by atoms with Gasteiger partial charge in [0.2, 0.25) is 5.91 Å². The van der Waals surface area contributed by atoms with Crippen molar-refractivity contribution in [2.45, 2.75) is 19.8 Å². The number of carbonyl (C=O) groups is 1. The molecule has 27 heavy (non-hydrogen) atoms. The van der Waals surface area contributed by atoms with Crippen molar-refractivity contribution in [3.8, 4) is 16.9 Å². The first-order valence-electron chi connectivity index (χ1n) is 9.20. The lowest BCUT2D eigenvalue weighted by atomic mass is 9.94. The number of benzene rings is 2. The van der Waals surface area contributed by atoms with E-state index >= 15 is 0 Å². The van der Waals surface area contributed by atoms with Crippen LogP contribution in [-0.2, 0) is 11.2 Å². The van der Waals surface area contributed by atoms with E-state index in [-0.39, 0.29) is 11.8 Å². The van der Waals surface area contributed by atoms with Gasteiger partial charge in [-0.3, -0.25) is 9.89 Å². The molecule has 1 amide bonds. The largest absolute Gasteiger partial charge is 0.496 e. The number of aromatic amines is 1. The van der Waals surface area contributed by atoms with Crippen molar-refractivity contribution in [1.82, 2.24) is 10.2 Å². The number of hydrogen-bond acceptors (Lipinski definition) is 3. The molecule has 1 aliphatic rings. The van der Waals surface area contributed by atoms with E-state index in [9.17, 15) is 4.79 Å². The zero-order valence-electron chi connectivity index (χ0n) is 15.6. The number of rotatable bonds is 5. The molecule has 0 bridgehead atoms. The van der Waals surface area contributed by atoms with Gasteiger partial charge in [-0.1, -0.05) is 24.3 Å². The second kappa shape index (κ2) is 7.27. The van der Waals surface area contributed by atoms with Crippen molar-refractivity contribution < 1.29 is 9.53 Å². The van der Waals surface area contributed by atoms with E-state index in [0.29, 0.717) is 0 Å². The van der Waals surface area contributed by atoms with Crippen LogP contribution in [0.3, 0.4) is 0 Å². The summed E-state index contributed by atoms with van der Waals surface area (Å²) in [5.41, 5.74) is 5.39. The van der Waals surface area contributed by atoms with Crippen molar-refractivity contribution in [3.63, 3.8) is 0 Å². The van der Waals surface area contributed by atoms with Gasteiger partial charge in [-0.05, 0) is 54.7 Å². The number of H-pyrrole nitrogens is 1. The van der Waals surface area contributed by atoms with Gasteiger partial charge in [0.25, 0.3) is 0 Å². The van der Waals surface area contributed by atoms with Gasteiger partial charge in [0, 0.05) is 29.9 Å². The molecule has 1 aromatic heterocycles. The van der Waals surface area contributed by atoms with E-state index in [1.165, 1.54) is 5.56 Å². The van der Waals surface area contributed by atoms with E-state index in [0.717, 1.165) is 47.5 Å². The minimum atomic E-state index is 0.0179. The molecular weight excluding hydrogens is 338 g/mol. The highest BCUT2D eigenvalue weighted by atomic mass is 16.5. The van der Waals surface area contributed by atoms with Gasteiger partial charge in [-0.25, -0.2) is 0 Å². The molecule has 4 rings (SSSR count). The zero-order valence-corrected chi connectivity index (χ0v) is 15.6. The molecule has 0 saturated carbocycles. The number of methoxy groups -OCH3 is 1. The van der Waals surface area contributed by atoms with Crippen molar-refractivity contribution in [3.05, 3.63) is 66.0 Å². The van der Waals surface area contributed by atoms with E-state index in [4.69, 9.17) is 4.74 Å². The molecule has 1 atom stereocenters. The Labute approximate surface area is 159 Å². The summed E-state index contributed by atoms with van der Waals surface area (Å²) in [5.74, 6) is 1.10. The Kier molecular flexibility index (Phi) is 4.67. The molecule has 3 aromatic rings. The summed E-state index contributed by atoms with van der Waals surface area (Å²) < 4.78 is 5.41. The number of ether oxygens (including phenoxy) is 1. The summed E-state index contributed by atoms with van der Waals surface area (Å²) in [7, 11) is 1.68. The van der Waals surface area contributed by atoms with Crippen LogP contribution in [0.4, 0.5) is 5.69 Å². The molecule has 138 valence electrons. The van der Waals surface area contributed by atoms with Crippen LogP contribution in [0.5, 0.6) is 5.75 Å². The quantitative estimate of drug-likeness (QED) is 0.747. The van der Waals surface area contributed by atoms with Gasteiger partial charge in [0.1, 0.15) is 5.75 Å². The summed E-state index contributed by atoms with van der Waals surface area (Å²) in [6, 6.07) is 14.1. The maximum atomic E-state index is 13.0. The van der Waals surface area contributed by atoms with E-state index in [1.807, 2.05) is 47.5 Å². The first-order chi connectivity index (χ1) is 13.2. The lowest BCUT2D eigenvalue weighted by molar-refractivity contribution is -0.120. The monoisotopic (exact) mass is 361 g/mol. The fourth-order valence-corrected chi connectivity index (χ4v) is 3.79. The van der Waals surface area contributed by atoms with Crippen molar-refractivity contribution in [2.24, 2.45) is 5.92 Å². The molecule has 2 heterocycles. The Morgan fingerprint density at radius 1 is 1.19 bits per heavy atom. The second-order valence-corrected chi connectivity index (χ2v) is 6.96. The van der Waals surface area contributed by atoms with Crippen LogP contribution in [0.2, 0.25) is 0 Å². The molecule has 0 spiro atoms. The highest BCUT2D eigenvalue weighted by molar-refractivity contribution is 5.97. The van der Waals surface area contributed by atoms with Crippen LogP contribution >= 0.6 is 0 Å². The van der Waals surface area contributed by atoms with Crippen LogP contribution in [0.15, 0.2) is 54.9 Å². The SMILES string of the molecule is COc1cccc(C[C@@H]2CCN(c3ccc(-c4cn[nH]c4)cc3)C2=O)c1C. The number of anilines is 1. The van der Waals surface area contributed by atoms with Crippen molar-refractivity contribution in [1.29, 1.82) is 0 Å². The second-order valence-electron chi connectivity index (χ2n) is 6.96. The number of carbonyl (C=O) groups excluding carboxylic acids is 1. The highest BCUT2D eigenvalue weighted by Gasteiger charge is 2.32. The zero-order chi connectivity index (χ0) is 18.8. The average molecular weight is 361 g/mol. The van der Waals surface area contributed by atoms with E-state index in [1.54, 1.807) is 13.3 Å². The maximum absolute atomic E-state index is 13.0. The third-order valence-corrected chi connectivity index (χ3v) is 5.41. The molecule has 2 aromatic carbocycles. The van der Waals surface area contributed by atoms with Gasteiger partial charge in [-0.15, -0.1) is 0 Å². The maximum Gasteiger partial charge on any atom is 0.230 e. The standard InChI is InChI=1S/C22H23N3O2/c1-15-17(4-3-5-21(15)27-2)12-18-10-11-25(22(18)26)20-8-6-16(7-9-20)19-13-23-24-14-19/h3-9,13-14,18H,10-12H2,1-2H3,(H,23,24)/t18-/m0/s1. The molecule has 0 unspecified atom stereocenters.